The van der Waals surface area contributed by atoms with Gasteiger partial charge in [-0.25, -0.2) is 4.79 Å². The van der Waals surface area contributed by atoms with E-state index in [0.717, 1.165) is 11.1 Å². The second kappa shape index (κ2) is 5.67. The van der Waals surface area contributed by atoms with Crippen molar-refractivity contribution in [2.45, 2.75) is 0 Å². The van der Waals surface area contributed by atoms with Crippen molar-refractivity contribution in [2.75, 3.05) is 7.11 Å². The summed E-state index contributed by atoms with van der Waals surface area (Å²) in [5.74, 6) is 0.288. The number of benzene rings is 2. The molecule has 0 radical (unpaired) electrons. The molecule has 1 aliphatic heterocycles. The fraction of sp³-hybridized carbons (Fsp3) is 0.0556. The van der Waals surface area contributed by atoms with E-state index in [1.807, 2.05) is 66.7 Å². The lowest BCUT2D eigenvalue weighted by Crippen LogP contribution is -2.00. The average molecular weight is 278 g/mol. The van der Waals surface area contributed by atoms with E-state index in [1.165, 1.54) is 7.11 Å². The highest BCUT2D eigenvalue weighted by Crippen LogP contribution is 2.35. The number of allylic oxidation sites excluding steroid dienone is 1. The van der Waals surface area contributed by atoms with Crippen LogP contribution in [-0.2, 0) is 14.3 Å². The van der Waals surface area contributed by atoms with Crippen molar-refractivity contribution >= 4 is 17.6 Å². The van der Waals surface area contributed by atoms with E-state index in [1.54, 1.807) is 0 Å². The van der Waals surface area contributed by atoms with Gasteiger partial charge in [-0.2, -0.15) is 0 Å². The van der Waals surface area contributed by atoms with Crippen molar-refractivity contribution in [1.82, 2.24) is 0 Å². The SMILES string of the molecule is COC1=C(c2ccccc2)C(=Cc2ccccc2)OC1=O. The molecule has 0 aliphatic carbocycles. The first-order valence-corrected chi connectivity index (χ1v) is 6.62. The van der Waals surface area contributed by atoms with Crippen LogP contribution in [0.1, 0.15) is 11.1 Å². The molecule has 0 saturated heterocycles. The van der Waals surface area contributed by atoms with Gasteiger partial charge in [-0.3, -0.25) is 0 Å². The quantitative estimate of drug-likeness (QED) is 0.804. The first-order chi connectivity index (χ1) is 10.3. The highest BCUT2D eigenvalue weighted by atomic mass is 16.6. The second-order valence-corrected chi connectivity index (χ2v) is 4.58. The molecule has 0 N–H and O–H groups in total. The Morgan fingerprint density at radius 1 is 0.952 bits per heavy atom. The number of carbonyl (C=O) groups excluding carboxylic acids is 1. The number of carbonyl (C=O) groups is 1. The Kier molecular flexibility index (Phi) is 3.56. The maximum Gasteiger partial charge on any atom is 0.379 e. The van der Waals surface area contributed by atoms with Gasteiger partial charge in [-0.15, -0.1) is 0 Å². The fourth-order valence-corrected chi connectivity index (χ4v) is 2.28. The normalized spacial score (nSPS) is 16.2. The molecule has 3 rings (SSSR count). The molecule has 21 heavy (non-hydrogen) atoms. The van der Waals surface area contributed by atoms with Crippen molar-refractivity contribution in [3.8, 4) is 0 Å². The molecule has 0 aromatic heterocycles. The molecular weight excluding hydrogens is 264 g/mol. The zero-order valence-corrected chi connectivity index (χ0v) is 11.6. The van der Waals surface area contributed by atoms with Gasteiger partial charge < -0.3 is 9.47 Å². The third kappa shape index (κ3) is 2.58. The molecular formula is C18H14O3. The number of hydrogen-bond donors (Lipinski definition) is 0. The van der Waals surface area contributed by atoms with E-state index < -0.39 is 5.97 Å². The summed E-state index contributed by atoms with van der Waals surface area (Å²) in [6.07, 6.45) is 1.84. The van der Waals surface area contributed by atoms with Crippen molar-refractivity contribution in [2.24, 2.45) is 0 Å². The van der Waals surface area contributed by atoms with Gasteiger partial charge in [0, 0.05) is 0 Å². The average Bonchev–Trinajstić information content (AvgIpc) is 2.84. The van der Waals surface area contributed by atoms with Gasteiger partial charge in [0.05, 0.1) is 12.7 Å². The molecule has 2 aromatic rings. The maximum atomic E-state index is 11.9. The molecule has 0 unspecified atom stereocenters. The van der Waals surface area contributed by atoms with Crippen molar-refractivity contribution in [3.05, 3.63) is 83.3 Å². The topological polar surface area (TPSA) is 35.5 Å². The summed E-state index contributed by atoms with van der Waals surface area (Å²) in [5.41, 5.74) is 2.54. The Bertz CT molecular complexity index is 713. The summed E-state index contributed by atoms with van der Waals surface area (Å²) in [4.78, 5) is 11.9. The Morgan fingerprint density at radius 2 is 1.57 bits per heavy atom. The lowest BCUT2D eigenvalue weighted by atomic mass is 10.0. The third-order valence-electron chi connectivity index (χ3n) is 3.23. The number of ether oxygens (including phenoxy) is 2. The number of hydrogen-bond acceptors (Lipinski definition) is 3. The molecule has 0 amide bonds. The van der Waals surface area contributed by atoms with Crippen LogP contribution in [0.2, 0.25) is 0 Å². The largest absolute Gasteiger partial charge is 0.489 e. The first-order valence-electron chi connectivity index (χ1n) is 6.62. The molecule has 0 fully saturated rings. The fourth-order valence-electron chi connectivity index (χ4n) is 2.28. The van der Waals surface area contributed by atoms with E-state index in [4.69, 9.17) is 9.47 Å². The Labute approximate surface area is 123 Å². The predicted molar refractivity (Wildman–Crippen MR) is 80.9 cm³/mol. The second-order valence-electron chi connectivity index (χ2n) is 4.58. The Morgan fingerprint density at radius 3 is 2.19 bits per heavy atom. The van der Waals surface area contributed by atoms with Gasteiger partial charge in [0.25, 0.3) is 0 Å². The summed E-state index contributed by atoms with van der Waals surface area (Å²) in [6, 6.07) is 19.3. The van der Waals surface area contributed by atoms with E-state index >= 15 is 0 Å². The van der Waals surface area contributed by atoms with Gasteiger partial charge in [0.1, 0.15) is 5.76 Å². The van der Waals surface area contributed by atoms with Crippen LogP contribution in [0.5, 0.6) is 0 Å². The molecule has 104 valence electrons. The van der Waals surface area contributed by atoms with Crippen LogP contribution < -0.4 is 0 Å². The maximum absolute atomic E-state index is 11.9. The molecule has 3 nitrogen and oxygen atoms in total. The van der Waals surface area contributed by atoms with E-state index in [0.29, 0.717) is 11.3 Å². The van der Waals surface area contributed by atoms with Crippen LogP contribution in [0.25, 0.3) is 11.6 Å². The van der Waals surface area contributed by atoms with Crippen LogP contribution in [0.15, 0.2) is 72.2 Å². The smallest absolute Gasteiger partial charge is 0.379 e. The standard InChI is InChI=1S/C18H14O3/c1-20-17-16(14-10-6-3-7-11-14)15(21-18(17)19)12-13-8-4-2-5-9-13/h2-12H,1H3. The van der Waals surface area contributed by atoms with Gasteiger partial charge in [0.2, 0.25) is 5.76 Å². The van der Waals surface area contributed by atoms with E-state index in [2.05, 4.69) is 0 Å². The first kappa shape index (κ1) is 13.2. The summed E-state index contributed by atoms with van der Waals surface area (Å²) in [5, 5.41) is 0. The molecule has 0 saturated carbocycles. The lowest BCUT2D eigenvalue weighted by Gasteiger charge is -2.05. The van der Waals surface area contributed by atoms with Gasteiger partial charge >= 0.3 is 5.97 Å². The number of methoxy groups -OCH3 is 1. The van der Waals surface area contributed by atoms with Crippen LogP contribution in [0.3, 0.4) is 0 Å². The summed E-state index contributed by atoms with van der Waals surface area (Å²) < 4.78 is 10.6. The number of cyclic esters (lactones) is 1. The minimum absolute atomic E-state index is 0.239. The van der Waals surface area contributed by atoms with E-state index in [-0.39, 0.29) is 5.76 Å². The van der Waals surface area contributed by atoms with Crippen LogP contribution in [-0.4, -0.2) is 13.1 Å². The van der Waals surface area contributed by atoms with Gasteiger partial charge in [0.15, 0.2) is 0 Å². The van der Waals surface area contributed by atoms with Crippen molar-refractivity contribution in [3.63, 3.8) is 0 Å². The summed E-state index contributed by atoms with van der Waals surface area (Å²) in [6.45, 7) is 0. The molecule has 1 heterocycles. The highest BCUT2D eigenvalue weighted by molar-refractivity contribution is 6.06. The molecule has 2 aromatic carbocycles. The monoisotopic (exact) mass is 278 g/mol. The molecule has 3 heteroatoms. The van der Waals surface area contributed by atoms with Crippen molar-refractivity contribution < 1.29 is 14.3 Å². The highest BCUT2D eigenvalue weighted by Gasteiger charge is 2.32. The van der Waals surface area contributed by atoms with Crippen LogP contribution >= 0.6 is 0 Å². The molecule has 0 spiro atoms. The Balaban J connectivity index is 2.12. The minimum Gasteiger partial charge on any atom is -0.489 e. The van der Waals surface area contributed by atoms with Crippen LogP contribution in [0.4, 0.5) is 0 Å². The van der Waals surface area contributed by atoms with Crippen molar-refractivity contribution in [1.29, 1.82) is 0 Å². The Hall–Kier alpha value is -2.81. The zero-order chi connectivity index (χ0) is 14.7. The number of rotatable bonds is 3. The molecule has 1 aliphatic rings. The predicted octanol–water partition coefficient (Wildman–Crippen LogP) is 3.64. The molecule has 0 atom stereocenters. The van der Waals surface area contributed by atoms with E-state index in [9.17, 15) is 4.79 Å². The summed E-state index contributed by atoms with van der Waals surface area (Å²) in [7, 11) is 1.48. The number of esters is 1. The van der Waals surface area contributed by atoms with Gasteiger partial charge in [-0.05, 0) is 17.2 Å². The minimum atomic E-state index is -0.460. The zero-order valence-electron chi connectivity index (χ0n) is 11.6. The van der Waals surface area contributed by atoms with Gasteiger partial charge in [-0.1, -0.05) is 60.7 Å². The third-order valence-corrected chi connectivity index (χ3v) is 3.23. The lowest BCUT2D eigenvalue weighted by molar-refractivity contribution is -0.136. The molecule has 0 bridgehead atoms. The summed E-state index contributed by atoms with van der Waals surface area (Å²) >= 11 is 0. The van der Waals surface area contributed by atoms with Crippen LogP contribution in [0, 0.1) is 0 Å².